The molecule has 0 aromatic carbocycles. The summed E-state index contributed by atoms with van der Waals surface area (Å²) in [6.45, 7) is 8.45. The van der Waals surface area contributed by atoms with Crippen LogP contribution in [0.25, 0.3) is 0 Å². The monoisotopic (exact) mass is 113 g/mol. The Bertz CT molecular complexity index is 94.6. The van der Waals surface area contributed by atoms with E-state index in [2.05, 4.69) is 27.7 Å². The number of epoxide rings is 1. The summed E-state index contributed by atoms with van der Waals surface area (Å²) < 4.78 is 5.33. The third-order valence-corrected chi connectivity index (χ3v) is 1.52. The Balaban J connectivity index is 2.37. The Morgan fingerprint density at radius 3 is 1.75 bits per heavy atom. The van der Waals surface area contributed by atoms with E-state index in [4.69, 9.17) is 4.74 Å². The van der Waals surface area contributed by atoms with Crippen LogP contribution in [0.15, 0.2) is 0 Å². The Kier molecular flexibility index (Phi) is 1.12. The minimum absolute atomic E-state index is 0.152. The van der Waals surface area contributed by atoms with E-state index in [9.17, 15) is 0 Å². The molecule has 47 valence electrons. The van der Waals surface area contributed by atoms with E-state index in [-0.39, 0.29) is 5.60 Å². The van der Waals surface area contributed by atoms with Crippen LogP contribution in [0, 0.1) is 5.92 Å². The quantitative estimate of drug-likeness (QED) is 0.472. The number of rotatable bonds is 1. The van der Waals surface area contributed by atoms with Crippen LogP contribution >= 0.6 is 0 Å². The van der Waals surface area contributed by atoms with Crippen LogP contribution in [0.3, 0.4) is 0 Å². The van der Waals surface area contributed by atoms with Crippen molar-refractivity contribution in [3.05, 3.63) is 5.92 Å². The van der Waals surface area contributed by atoms with Gasteiger partial charge in [-0.25, -0.2) is 0 Å². The molecule has 0 N–H and O–H groups in total. The molecule has 1 unspecified atom stereocenters. The van der Waals surface area contributed by atoms with Crippen molar-refractivity contribution in [1.29, 1.82) is 0 Å². The van der Waals surface area contributed by atoms with E-state index < -0.39 is 0 Å². The molecule has 1 aliphatic rings. The molecule has 0 aliphatic carbocycles. The molecule has 1 heteroatoms. The van der Waals surface area contributed by atoms with Gasteiger partial charge in [0.1, 0.15) is 0 Å². The SMILES string of the molecule is C[C](C)C1OC1(C)C. The lowest BCUT2D eigenvalue weighted by molar-refractivity contribution is 0.326. The first kappa shape index (κ1) is 6.09. The fourth-order valence-electron chi connectivity index (χ4n) is 1.08. The van der Waals surface area contributed by atoms with Crippen LogP contribution in [-0.4, -0.2) is 11.7 Å². The third kappa shape index (κ3) is 0.873. The van der Waals surface area contributed by atoms with Gasteiger partial charge in [0.15, 0.2) is 0 Å². The predicted octanol–water partition coefficient (Wildman–Crippen LogP) is 1.78. The van der Waals surface area contributed by atoms with Crippen molar-refractivity contribution < 1.29 is 4.74 Å². The van der Waals surface area contributed by atoms with Crippen molar-refractivity contribution in [2.45, 2.75) is 39.4 Å². The minimum atomic E-state index is 0.152. The van der Waals surface area contributed by atoms with Gasteiger partial charge in [0.05, 0.1) is 11.7 Å². The fourth-order valence-corrected chi connectivity index (χ4v) is 1.08. The molecule has 8 heavy (non-hydrogen) atoms. The molecule has 1 atom stereocenters. The molecule has 0 amide bonds. The molecule has 1 radical (unpaired) electrons. The molecule has 0 aromatic heterocycles. The Morgan fingerprint density at radius 2 is 1.75 bits per heavy atom. The second-order valence-corrected chi connectivity index (χ2v) is 3.18. The van der Waals surface area contributed by atoms with Crippen molar-refractivity contribution in [2.24, 2.45) is 0 Å². The highest BCUT2D eigenvalue weighted by Crippen LogP contribution is 2.40. The van der Waals surface area contributed by atoms with Crippen molar-refractivity contribution in [3.63, 3.8) is 0 Å². The van der Waals surface area contributed by atoms with Crippen molar-refractivity contribution in [3.8, 4) is 0 Å². The largest absolute Gasteiger partial charge is 0.366 e. The number of ether oxygens (including phenoxy) is 1. The molecule has 1 fully saturated rings. The van der Waals surface area contributed by atoms with E-state index in [1.54, 1.807) is 0 Å². The fraction of sp³-hybridized carbons (Fsp3) is 0.857. The third-order valence-electron chi connectivity index (χ3n) is 1.52. The van der Waals surface area contributed by atoms with Gasteiger partial charge >= 0.3 is 0 Å². The van der Waals surface area contributed by atoms with E-state index >= 15 is 0 Å². The zero-order valence-electron chi connectivity index (χ0n) is 5.99. The van der Waals surface area contributed by atoms with E-state index in [1.807, 2.05) is 0 Å². The van der Waals surface area contributed by atoms with E-state index in [1.165, 1.54) is 5.92 Å². The van der Waals surface area contributed by atoms with Gasteiger partial charge in [-0.1, -0.05) is 13.8 Å². The van der Waals surface area contributed by atoms with Crippen LogP contribution in [0.5, 0.6) is 0 Å². The second-order valence-electron chi connectivity index (χ2n) is 3.18. The van der Waals surface area contributed by atoms with Gasteiger partial charge < -0.3 is 4.74 Å². The van der Waals surface area contributed by atoms with Gasteiger partial charge in [-0.2, -0.15) is 0 Å². The van der Waals surface area contributed by atoms with Gasteiger partial charge in [0.25, 0.3) is 0 Å². The van der Waals surface area contributed by atoms with Gasteiger partial charge in [-0.15, -0.1) is 0 Å². The van der Waals surface area contributed by atoms with Crippen LogP contribution in [0.1, 0.15) is 27.7 Å². The topological polar surface area (TPSA) is 12.5 Å². The summed E-state index contributed by atoms with van der Waals surface area (Å²) in [7, 11) is 0. The lowest BCUT2D eigenvalue weighted by Crippen LogP contribution is -2.06. The maximum Gasteiger partial charge on any atom is 0.0924 e. The second kappa shape index (κ2) is 1.47. The van der Waals surface area contributed by atoms with Crippen LogP contribution in [0.2, 0.25) is 0 Å². The summed E-state index contributed by atoms with van der Waals surface area (Å²) in [5.41, 5.74) is 0.152. The van der Waals surface area contributed by atoms with E-state index in [0.29, 0.717) is 6.10 Å². The standard InChI is InChI=1S/C7H13O/c1-5(2)6-7(3,4)8-6/h6H,1-4H3. The minimum Gasteiger partial charge on any atom is -0.366 e. The van der Waals surface area contributed by atoms with E-state index in [0.717, 1.165) is 0 Å². The molecule has 1 rings (SSSR count). The molecular formula is C7H13O. The summed E-state index contributed by atoms with van der Waals surface area (Å²) >= 11 is 0. The lowest BCUT2D eigenvalue weighted by Gasteiger charge is -1.97. The van der Waals surface area contributed by atoms with Gasteiger partial charge in [0.2, 0.25) is 0 Å². The summed E-state index contributed by atoms with van der Waals surface area (Å²) in [5.74, 6) is 1.38. The summed E-state index contributed by atoms with van der Waals surface area (Å²) in [4.78, 5) is 0. The van der Waals surface area contributed by atoms with Crippen LogP contribution in [0.4, 0.5) is 0 Å². The zero-order valence-corrected chi connectivity index (χ0v) is 5.99. The van der Waals surface area contributed by atoms with Crippen molar-refractivity contribution >= 4 is 0 Å². The molecule has 0 aromatic rings. The average molecular weight is 113 g/mol. The van der Waals surface area contributed by atoms with Crippen molar-refractivity contribution in [2.75, 3.05) is 0 Å². The molecular weight excluding hydrogens is 100 g/mol. The molecule has 1 saturated heterocycles. The van der Waals surface area contributed by atoms with Crippen LogP contribution < -0.4 is 0 Å². The average Bonchev–Trinajstić information content (AvgIpc) is 2.13. The Labute approximate surface area is 51.0 Å². The maximum atomic E-state index is 5.33. The number of hydrogen-bond donors (Lipinski definition) is 0. The lowest BCUT2D eigenvalue weighted by atomic mass is 10.0. The summed E-state index contributed by atoms with van der Waals surface area (Å²) in [6, 6.07) is 0. The highest BCUT2D eigenvalue weighted by Gasteiger charge is 2.49. The first-order valence-electron chi connectivity index (χ1n) is 3.02. The summed E-state index contributed by atoms with van der Waals surface area (Å²) in [6.07, 6.45) is 0.433. The predicted molar refractivity (Wildman–Crippen MR) is 33.5 cm³/mol. The van der Waals surface area contributed by atoms with Gasteiger partial charge in [-0.05, 0) is 13.8 Å². The Hall–Kier alpha value is -0.0400. The molecule has 0 saturated carbocycles. The van der Waals surface area contributed by atoms with Gasteiger partial charge in [0, 0.05) is 5.92 Å². The Morgan fingerprint density at radius 1 is 1.38 bits per heavy atom. The smallest absolute Gasteiger partial charge is 0.0924 e. The number of hydrogen-bond acceptors (Lipinski definition) is 1. The van der Waals surface area contributed by atoms with Crippen LogP contribution in [-0.2, 0) is 4.74 Å². The van der Waals surface area contributed by atoms with Gasteiger partial charge in [-0.3, -0.25) is 0 Å². The molecule has 0 spiro atoms. The molecule has 1 heterocycles. The highest BCUT2D eigenvalue weighted by atomic mass is 16.6. The molecule has 1 nitrogen and oxygen atoms in total. The first-order chi connectivity index (χ1) is 3.54. The van der Waals surface area contributed by atoms with Crippen molar-refractivity contribution in [1.82, 2.24) is 0 Å². The normalized spacial score (nSPS) is 33.4. The zero-order chi connectivity index (χ0) is 6.36. The molecule has 0 bridgehead atoms. The summed E-state index contributed by atoms with van der Waals surface area (Å²) in [5, 5.41) is 0. The molecule has 1 aliphatic heterocycles. The first-order valence-corrected chi connectivity index (χ1v) is 3.02. The highest BCUT2D eigenvalue weighted by molar-refractivity contribution is 5.09. The maximum absolute atomic E-state index is 5.33.